The summed E-state index contributed by atoms with van der Waals surface area (Å²) in [5.41, 5.74) is 12.5. The van der Waals surface area contributed by atoms with Crippen LogP contribution in [-0.4, -0.2) is 0 Å². The maximum Gasteiger partial charge on any atom is 0.0468 e. The van der Waals surface area contributed by atoms with Gasteiger partial charge in [-0.1, -0.05) is 133 Å². The maximum atomic E-state index is 2.42. The fraction of sp³-hybridized carbons (Fsp3) is 0.0526. The molecule has 12 aromatic rings. The number of benzene rings is 9. The van der Waals surface area contributed by atoms with E-state index in [0.717, 1.165) is 17.1 Å². The lowest BCUT2D eigenvalue weighted by atomic mass is 9.92. The molecule has 0 aliphatic rings. The molecule has 0 fully saturated rings. The first-order chi connectivity index (χ1) is 30.0. The van der Waals surface area contributed by atoms with Crippen molar-refractivity contribution in [2.24, 2.45) is 0 Å². The summed E-state index contributed by atoms with van der Waals surface area (Å²) < 4.78 is 7.99. The monoisotopic (exact) mass is 835 g/mol. The molecule has 0 aliphatic heterocycles. The van der Waals surface area contributed by atoms with E-state index in [1.165, 1.54) is 99.5 Å². The Bertz CT molecular complexity index is 3460. The Balaban J connectivity index is 0.000000549. The van der Waals surface area contributed by atoms with Gasteiger partial charge in [-0.05, 0) is 115 Å². The van der Waals surface area contributed by atoms with Crippen LogP contribution in [0.15, 0.2) is 194 Å². The van der Waals surface area contributed by atoms with E-state index in [4.69, 9.17) is 0 Å². The number of hydrogen-bond donors (Lipinski definition) is 0. The number of thiophene rings is 3. The molecule has 0 bridgehead atoms. The molecule has 0 N–H and O–H groups in total. The van der Waals surface area contributed by atoms with Gasteiger partial charge in [0.05, 0.1) is 0 Å². The van der Waals surface area contributed by atoms with Gasteiger partial charge in [-0.15, -0.1) is 34.0 Å². The van der Waals surface area contributed by atoms with Crippen LogP contribution < -0.4 is 4.90 Å². The zero-order chi connectivity index (χ0) is 41.0. The van der Waals surface area contributed by atoms with Gasteiger partial charge in [0.2, 0.25) is 0 Å². The number of aryl methyl sites for hydroxylation is 3. The molecule has 0 spiro atoms. The summed E-state index contributed by atoms with van der Waals surface area (Å²) in [6.07, 6.45) is 0. The highest BCUT2D eigenvalue weighted by atomic mass is 32.1. The Morgan fingerprint density at radius 1 is 0.328 bits per heavy atom. The third-order valence-corrected chi connectivity index (χ3v) is 15.4. The zero-order valence-corrected chi connectivity index (χ0v) is 36.6. The molecule has 4 heteroatoms. The lowest BCUT2D eigenvalue weighted by molar-refractivity contribution is 1.30. The highest BCUT2D eigenvalue weighted by Gasteiger charge is 2.18. The minimum absolute atomic E-state index is 1.14. The van der Waals surface area contributed by atoms with Crippen molar-refractivity contribution < 1.29 is 0 Å². The standard InChI is InChI=1S/C50H33NS3.C7H8/c1-30-15-23-41-38-9-3-8-14-46(38)54-50(41)49(30)37-24-18-33(27-31(37)2)32-16-19-34(20-17-32)51(35-21-25-47-42(28-35)39-10-4-6-12-44(39)52-47)36-22-26-48-43(29-36)40-11-5-7-13-45(40)53-48;1-7-5-3-2-4-6-7/h3-29H,1-2H3;2-6H,1H3. The zero-order valence-electron chi connectivity index (χ0n) is 34.1. The van der Waals surface area contributed by atoms with E-state index >= 15 is 0 Å². The molecule has 1 nitrogen and oxygen atoms in total. The van der Waals surface area contributed by atoms with Crippen LogP contribution in [0.25, 0.3) is 82.8 Å². The molecule has 12 rings (SSSR count). The summed E-state index contributed by atoms with van der Waals surface area (Å²) in [6.45, 7) is 6.59. The van der Waals surface area contributed by atoms with Crippen molar-refractivity contribution in [2.75, 3.05) is 4.90 Å². The van der Waals surface area contributed by atoms with E-state index < -0.39 is 0 Å². The Morgan fingerprint density at radius 2 is 0.820 bits per heavy atom. The van der Waals surface area contributed by atoms with Crippen LogP contribution in [0.1, 0.15) is 16.7 Å². The molecular weight excluding hydrogens is 795 g/mol. The highest BCUT2D eigenvalue weighted by Crippen LogP contribution is 2.45. The van der Waals surface area contributed by atoms with Crippen LogP contribution in [0.2, 0.25) is 0 Å². The topological polar surface area (TPSA) is 3.24 Å². The van der Waals surface area contributed by atoms with Crippen LogP contribution in [-0.2, 0) is 0 Å². The van der Waals surface area contributed by atoms with Crippen molar-refractivity contribution in [2.45, 2.75) is 20.8 Å². The number of anilines is 3. The summed E-state index contributed by atoms with van der Waals surface area (Å²) in [6, 6.07) is 71.1. The molecule has 292 valence electrons. The SMILES string of the molecule is Cc1cc(-c2ccc(N(c3ccc4sc5ccccc5c4c3)c3ccc4sc5ccccc5c4c3)cc2)ccc1-c1c(C)ccc2c1sc1ccccc12.Cc1ccccc1. The van der Waals surface area contributed by atoms with Crippen LogP contribution in [0, 0.1) is 20.8 Å². The minimum Gasteiger partial charge on any atom is -0.310 e. The first-order valence-electron chi connectivity index (χ1n) is 20.7. The smallest absolute Gasteiger partial charge is 0.0468 e. The van der Waals surface area contributed by atoms with Gasteiger partial charge in [0.1, 0.15) is 0 Å². The molecular formula is C57H41NS3. The number of fused-ring (bicyclic) bond motifs is 9. The maximum absolute atomic E-state index is 2.42. The van der Waals surface area contributed by atoms with Crippen molar-refractivity contribution in [1.82, 2.24) is 0 Å². The van der Waals surface area contributed by atoms with Crippen LogP contribution in [0.3, 0.4) is 0 Å². The number of rotatable bonds is 5. The number of nitrogens with zero attached hydrogens (tertiary/aromatic N) is 1. The molecule has 0 aliphatic carbocycles. The fourth-order valence-electron chi connectivity index (χ4n) is 8.84. The van der Waals surface area contributed by atoms with Crippen molar-refractivity contribution in [3.05, 3.63) is 211 Å². The van der Waals surface area contributed by atoms with Crippen LogP contribution in [0.5, 0.6) is 0 Å². The average molecular weight is 836 g/mol. The van der Waals surface area contributed by atoms with E-state index in [2.05, 4.69) is 202 Å². The normalized spacial score (nSPS) is 11.5. The minimum atomic E-state index is 1.14. The third kappa shape index (κ3) is 6.78. The van der Waals surface area contributed by atoms with Gasteiger partial charge >= 0.3 is 0 Å². The first-order valence-corrected chi connectivity index (χ1v) is 23.2. The molecule has 0 atom stereocenters. The molecule has 0 saturated heterocycles. The summed E-state index contributed by atoms with van der Waals surface area (Å²) in [4.78, 5) is 2.42. The fourth-order valence-corrected chi connectivity index (χ4v) is 12.3. The van der Waals surface area contributed by atoms with Gasteiger partial charge in [0.15, 0.2) is 0 Å². The summed E-state index contributed by atoms with van der Waals surface area (Å²) >= 11 is 5.63. The van der Waals surface area contributed by atoms with Gasteiger partial charge in [-0.2, -0.15) is 0 Å². The predicted octanol–water partition coefficient (Wildman–Crippen LogP) is 18.2. The van der Waals surface area contributed by atoms with Crippen molar-refractivity contribution >= 4 is 112 Å². The largest absolute Gasteiger partial charge is 0.310 e. The highest BCUT2D eigenvalue weighted by molar-refractivity contribution is 7.26. The Kier molecular flexibility index (Phi) is 9.50. The second-order valence-electron chi connectivity index (χ2n) is 15.9. The first kappa shape index (κ1) is 37.4. The van der Waals surface area contributed by atoms with E-state index in [1.54, 1.807) is 0 Å². The molecule has 0 unspecified atom stereocenters. The summed E-state index contributed by atoms with van der Waals surface area (Å²) in [5, 5.41) is 7.91. The van der Waals surface area contributed by atoms with Crippen molar-refractivity contribution in [3.63, 3.8) is 0 Å². The van der Waals surface area contributed by atoms with Gasteiger partial charge in [0, 0.05) is 83.1 Å². The Morgan fingerprint density at radius 3 is 1.38 bits per heavy atom. The Hall–Kier alpha value is -6.56. The average Bonchev–Trinajstić information content (AvgIpc) is 3.98. The Labute approximate surface area is 368 Å². The van der Waals surface area contributed by atoms with Crippen LogP contribution in [0.4, 0.5) is 17.1 Å². The van der Waals surface area contributed by atoms with Crippen LogP contribution >= 0.6 is 34.0 Å². The molecule has 61 heavy (non-hydrogen) atoms. The van der Waals surface area contributed by atoms with Gasteiger partial charge in [-0.3, -0.25) is 0 Å². The molecule has 9 aromatic carbocycles. The second-order valence-corrected chi connectivity index (χ2v) is 19.1. The van der Waals surface area contributed by atoms with E-state index in [-0.39, 0.29) is 0 Å². The quantitative estimate of drug-likeness (QED) is 0.167. The van der Waals surface area contributed by atoms with Crippen molar-refractivity contribution in [3.8, 4) is 22.3 Å². The third-order valence-electron chi connectivity index (χ3n) is 11.9. The van der Waals surface area contributed by atoms with Gasteiger partial charge < -0.3 is 4.90 Å². The second kappa shape index (κ2) is 15.5. The summed E-state index contributed by atoms with van der Waals surface area (Å²) in [7, 11) is 0. The lowest BCUT2D eigenvalue weighted by Crippen LogP contribution is -2.09. The van der Waals surface area contributed by atoms with Crippen molar-refractivity contribution in [1.29, 1.82) is 0 Å². The molecule has 0 amide bonds. The van der Waals surface area contributed by atoms with Gasteiger partial charge in [0.25, 0.3) is 0 Å². The van der Waals surface area contributed by atoms with E-state index in [1.807, 2.05) is 52.2 Å². The molecule has 0 radical (unpaired) electrons. The number of hydrogen-bond acceptors (Lipinski definition) is 4. The lowest BCUT2D eigenvalue weighted by Gasteiger charge is -2.26. The van der Waals surface area contributed by atoms with Gasteiger partial charge in [-0.25, -0.2) is 0 Å². The summed E-state index contributed by atoms with van der Waals surface area (Å²) in [5.74, 6) is 0. The molecule has 0 saturated carbocycles. The molecule has 3 aromatic heterocycles. The van der Waals surface area contributed by atoms with E-state index in [0.29, 0.717) is 0 Å². The van der Waals surface area contributed by atoms with E-state index in [9.17, 15) is 0 Å². The predicted molar refractivity (Wildman–Crippen MR) is 271 cm³/mol. The molecule has 3 heterocycles.